The molecule has 0 aromatic heterocycles. The van der Waals surface area contributed by atoms with Crippen molar-refractivity contribution in [2.75, 3.05) is 20.6 Å². The number of aryl methyl sites for hydroxylation is 1. The van der Waals surface area contributed by atoms with Crippen LogP contribution in [0, 0.1) is 6.92 Å². The van der Waals surface area contributed by atoms with Gasteiger partial charge in [-0.05, 0) is 51.7 Å². The first-order valence-corrected chi connectivity index (χ1v) is 7.20. The third kappa shape index (κ3) is 4.50. The van der Waals surface area contributed by atoms with Crippen LogP contribution in [0.1, 0.15) is 12.5 Å². The molecule has 1 atom stereocenters. The molecule has 0 aliphatic rings. The molecule has 0 saturated carbocycles. The summed E-state index contributed by atoms with van der Waals surface area (Å²) in [4.78, 5) is 2.11. The highest BCUT2D eigenvalue weighted by Crippen LogP contribution is 2.33. The molecule has 0 bridgehead atoms. The minimum absolute atomic E-state index is 0.0987. The Morgan fingerprint density at radius 2 is 1.48 bits per heavy atom. The summed E-state index contributed by atoms with van der Waals surface area (Å²) in [5, 5.41) is 0. The van der Waals surface area contributed by atoms with Gasteiger partial charge in [-0.3, -0.25) is 0 Å². The van der Waals surface area contributed by atoms with Crippen molar-refractivity contribution >= 4 is 0 Å². The van der Waals surface area contributed by atoms with E-state index >= 15 is 0 Å². The number of hydrogen-bond donors (Lipinski definition) is 0. The molecule has 2 aromatic carbocycles. The van der Waals surface area contributed by atoms with Crippen LogP contribution in [0.25, 0.3) is 0 Å². The maximum Gasteiger partial charge on any atom is 0.169 e. The summed E-state index contributed by atoms with van der Waals surface area (Å²) in [5.41, 5.74) is 1.11. The summed E-state index contributed by atoms with van der Waals surface area (Å²) in [6, 6.07) is 15.8. The minimum atomic E-state index is 0.0987. The number of hydrogen-bond acceptors (Lipinski definition) is 3. The molecule has 0 fully saturated rings. The topological polar surface area (TPSA) is 21.7 Å². The zero-order chi connectivity index (χ0) is 15.2. The number of nitrogens with zero attached hydrogens (tertiary/aromatic N) is 1. The van der Waals surface area contributed by atoms with Crippen LogP contribution in [0.3, 0.4) is 0 Å². The molecule has 2 rings (SSSR count). The lowest BCUT2D eigenvalue weighted by Gasteiger charge is -2.20. The third-order valence-corrected chi connectivity index (χ3v) is 3.11. The highest BCUT2D eigenvalue weighted by Gasteiger charge is 2.11. The van der Waals surface area contributed by atoms with Crippen molar-refractivity contribution < 1.29 is 9.47 Å². The Labute approximate surface area is 127 Å². The van der Waals surface area contributed by atoms with Gasteiger partial charge in [-0.15, -0.1) is 0 Å². The fourth-order valence-electron chi connectivity index (χ4n) is 2.19. The van der Waals surface area contributed by atoms with Crippen molar-refractivity contribution in [2.45, 2.75) is 20.0 Å². The van der Waals surface area contributed by atoms with Crippen LogP contribution in [0.2, 0.25) is 0 Å². The second-order valence-electron chi connectivity index (χ2n) is 5.51. The van der Waals surface area contributed by atoms with Crippen LogP contribution < -0.4 is 9.47 Å². The van der Waals surface area contributed by atoms with Crippen LogP contribution >= 0.6 is 0 Å². The van der Waals surface area contributed by atoms with E-state index in [1.807, 2.05) is 69.6 Å². The molecule has 1 unspecified atom stereocenters. The monoisotopic (exact) mass is 285 g/mol. The summed E-state index contributed by atoms with van der Waals surface area (Å²) in [5.74, 6) is 2.38. The fourth-order valence-corrected chi connectivity index (χ4v) is 2.19. The van der Waals surface area contributed by atoms with Gasteiger partial charge in [-0.1, -0.05) is 30.3 Å². The van der Waals surface area contributed by atoms with E-state index < -0.39 is 0 Å². The molecule has 0 aliphatic carbocycles. The fraction of sp³-hybridized carbons (Fsp3) is 0.333. The number of likely N-dealkylation sites (N-methyl/N-ethyl adjacent to an activating group) is 1. The van der Waals surface area contributed by atoms with Gasteiger partial charge in [0.25, 0.3) is 0 Å². The smallest absolute Gasteiger partial charge is 0.169 e. The van der Waals surface area contributed by atoms with E-state index in [2.05, 4.69) is 11.8 Å². The molecule has 3 nitrogen and oxygen atoms in total. The average molecular weight is 285 g/mol. The Balaban J connectivity index is 2.15. The SMILES string of the molecule is Cc1ccccc1Oc1ccccc1OC(C)CN(C)C. The van der Waals surface area contributed by atoms with Crippen molar-refractivity contribution in [3.8, 4) is 17.2 Å². The molecule has 0 N–H and O–H groups in total. The molecule has 0 saturated heterocycles. The zero-order valence-electron chi connectivity index (χ0n) is 13.2. The Bertz CT molecular complexity index is 581. The summed E-state index contributed by atoms with van der Waals surface area (Å²) in [6.07, 6.45) is 0.0987. The highest BCUT2D eigenvalue weighted by molar-refractivity contribution is 5.44. The molecule has 112 valence electrons. The van der Waals surface area contributed by atoms with Crippen LogP contribution in [-0.2, 0) is 0 Å². The van der Waals surface area contributed by atoms with Crippen LogP contribution in [0.15, 0.2) is 48.5 Å². The second-order valence-corrected chi connectivity index (χ2v) is 5.51. The predicted molar refractivity (Wildman–Crippen MR) is 86.3 cm³/mol. The van der Waals surface area contributed by atoms with Gasteiger partial charge < -0.3 is 14.4 Å². The van der Waals surface area contributed by atoms with E-state index in [1.54, 1.807) is 0 Å². The quantitative estimate of drug-likeness (QED) is 0.797. The summed E-state index contributed by atoms with van der Waals surface area (Å²) in [7, 11) is 4.07. The van der Waals surface area contributed by atoms with Gasteiger partial charge in [0.05, 0.1) is 0 Å². The molecule has 0 amide bonds. The van der Waals surface area contributed by atoms with Crippen molar-refractivity contribution in [3.05, 3.63) is 54.1 Å². The van der Waals surface area contributed by atoms with E-state index in [9.17, 15) is 0 Å². The van der Waals surface area contributed by atoms with Gasteiger partial charge in [0.2, 0.25) is 0 Å². The van der Waals surface area contributed by atoms with Crippen molar-refractivity contribution in [3.63, 3.8) is 0 Å². The van der Waals surface area contributed by atoms with Gasteiger partial charge in [0.1, 0.15) is 11.9 Å². The standard InChI is InChI=1S/C18H23NO2/c1-14-9-5-6-10-16(14)21-18-12-8-7-11-17(18)20-15(2)13-19(3)4/h5-12,15H,13H2,1-4H3. The minimum Gasteiger partial charge on any atom is -0.485 e. The molecule has 0 aliphatic heterocycles. The van der Waals surface area contributed by atoms with Gasteiger partial charge in [0, 0.05) is 6.54 Å². The van der Waals surface area contributed by atoms with E-state index in [1.165, 1.54) is 0 Å². The first-order chi connectivity index (χ1) is 10.1. The Morgan fingerprint density at radius 1 is 0.905 bits per heavy atom. The molecule has 21 heavy (non-hydrogen) atoms. The normalized spacial score (nSPS) is 12.2. The summed E-state index contributed by atoms with van der Waals surface area (Å²) < 4.78 is 12.0. The summed E-state index contributed by atoms with van der Waals surface area (Å²) >= 11 is 0. The molecule has 0 heterocycles. The molecule has 0 spiro atoms. The second kappa shape index (κ2) is 7.14. The van der Waals surface area contributed by atoms with E-state index in [-0.39, 0.29) is 6.10 Å². The third-order valence-electron chi connectivity index (χ3n) is 3.11. The lowest BCUT2D eigenvalue weighted by atomic mass is 10.2. The number of rotatable bonds is 6. The first-order valence-electron chi connectivity index (χ1n) is 7.20. The van der Waals surface area contributed by atoms with Crippen LogP contribution in [0.5, 0.6) is 17.2 Å². The molecular weight excluding hydrogens is 262 g/mol. The van der Waals surface area contributed by atoms with Crippen LogP contribution in [0.4, 0.5) is 0 Å². The number of para-hydroxylation sites is 3. The zero-order valence-corrected chi connectivity index (χ0v) is 13.2. The average Bonchev–Trinajstić information content (AvgIpc) is 2.42. The molecule has 0 radical (unpaired) electrons. The van der Waals surface area contributed by atoms with Crippen molar-refractivity contribution in [1.29, 1.82) is 0 Å². The van der Waals surface area contributed by atoms with Gasteiger partial charge >= 0.3 is 0 Å². The maximum absolute atomic E-state index is 6.01. The van der Waals surface area contributed by atoms with Crippen molar-refractivity contribution in [2.24, 2.45) is 0 Å². The molecular formula is C18H23NO2. The number of ether oxygens (including phenoxy) is 2. The lowest BCUT2D eigenvalue weighted by molar-refractivity contribution is 0.172. The Morgan fingerprint density at radius 3 is 2.10 bits per heavy atom. The van der Waals surface area contributed by atoms with Gasteiger partial charge in [0.15, 0.2) is 11.5 Å². The lowest BCUT2D eigenvalue weighted by Crippen LogP contribution is -2.28. The largest absolute Gasteiger partial charge is 0.485 e. The van der Waals surface area contributed by atoms with E-state index in [4.69, 9.17) is 9.47 Å². The van der Waals surface area contributed by atoms with Crippen molar-refractivity contribution in [1.82, 2.24) is 4.90 Å². The van der Waals surface area contributed by atoms with E-state index in [0.29, 0.717) is 0 Å². The predicted octanol–water partition coefficient (Wildman–Crippen LogP) is 4.12. The maximum atomic E-state index is 6.01. The molecule has 3 heteroatoms. The molecule has 2 aromatic rings. The van der Waals surface area contributed by atoms with Gasteiger partial charge in [-0.25, -0.2) is 0 Å². The van der Waals surface area contributed by atoms with E-state index in [0.717, 1.165) is 29.4 Å². The number of benzene rings is 2. The summed E-state index contributed by atoms with van der Waals surface area (Å²) in [6.45, 7) is 4.96. The first kappa shape index (κ1) is 15.4. The highest BCUT2D eigenvalue weighted by atomic mass is 16.5. The van der Waals surface area contributed by atoms with Crippen LogP contribution in [-0.4, -0.2) is 31.6 Å². The Kier molecular flexibility index (Phi) is 5.23. The Hall–Kier alpha value is -2.00. The van der Waals surface area contributed by atoms with Gasteiger partial charge in [-0.2, -0.15) is 0 Å².